The van der Waals surface area contributed by atoms with Crippen LogP contribution in [0.2, 0.25) is 0 Å². The van der Waals surface area contributed by atoms with E-state index in [-0.39, 0.29) is 51.4 Å². The third-order valence-corrected chi connectivity index (χ3v) is 3.82. The molecule has 22 heavy (non-hydrogen) atoms. The van der Waals surface area contributed by atoms with Crippen molar-refractivity contribution in [3.05, 3.63) is 85.2 Å². The molecule has 1 heterocycles. The number of aromatic nitrogens is 1. The van der Waals surface area contributed by atoms with E-state index in [2.05, 4.69) is 48.5 Å². The maximum Gasteiger partial charge on any atom is -0.0184 e. The molecule has 0 aliphatic rings. The van der Waals surface area contributed by atoms with E-state index in [1.807, 2.05) is 12.1 Å². The van der Waals surface area contributed by atoms with Crippen molar-refractivity contribution >= 4 is 59.5 Å². The van der Waals surface area contributed by atoms with Crippen LogP contribution in [-0.4, -0.2) is 70.4 Å². The minimum absolute atomic E-state index is 0. The van der Waals surface area contributed by atoms with E-state index < -0.39 is 8.09 Å². The molecule has 0 unspecified atom stereocenters. The normalized spacial score (nSPS) is 10.9. The molecule has 6 heteroatoms. The molecule has 2 aromatic carbocycles. The summed E-state index contributed by atoms with van der Waals surface area (Å²) in [5, 5.41) is 0. The Kier molecular flexibility index (Phi) is 8.72. The van der Waals surface area contributed by atoms with Crippen molar-refractivity contribution in [1.29, 1.82) is 0 Å². The average molecular weight is 343 g/mol. The molecule has 112 valence electrons. The van der Waals surface area contributed by atoms with Crippen LogP contribution in [0.5, 0.6) is 0 Å². The standard InChI is InChI=1S/C12H10.C4H8NO3P.K.H/c1-3-7-11(8-4-1)12-9-5-2-6-10-12;6-9(7,8)5-3-1-2-4-5;;/h1-10H;1-4,6-9H;;. The minimum Gasteiger partial charge on any atom is -0.0622 e. The van der Waals surface area contributed by atoms with Gasteiger partial charge >= 0.3 is 103 Å². The molecular formula is C16H19KNO3P. The molecule has 0 aliphatic heterocycles. The van der Waals surface area contributed by atoms with Gasteiger partial charge in [0.2, 0.25) is 0 Å². The van der Waals surface area contributed by atoms with Gasteiger partial charge < -0.3 is 0 Å². The van der Waals surface area contributed by atoms with Crippen LogP contribution >= 0.6 is 8.09 Å². The zero-order valence-corrected chi connectivity index (χ0v) is 12.4. The topological polar surface area (TPSA) is 65.6 Å². The Balaban J connectivity index is 0.000000219. The van der Waals surface area contributed by atoms with Gasteiger partial charge in [-0.1, -0.05) is 60.7 Å². The molecule has 0 fully saturated rings. The summed E-state index contributed by atoms with van der Waals surface area (Å²) in [5.74, 6) is 0. The first kappa shape index (κ1) is 19.7. The van der Waals surface area contributed by atoms with Crippen LogP contribution in [0.4, 0.5) is 0 Å². The second-order valence-electron chi connectivity index (χ2n) is 4.42. The molecule has 0 saturated carbocycles. The fraction of sp³-hybridized carbons (Fsp3) is 0. The molecule has 0 atom stereocenters. The Morgan fingerprint density at radius 2 is 0.955 bits per heavy atom. The number of hydrogen-bond acceptors (Lipinski definition) is 3. The van der Waals surface area contributed by atoms with Gasteiger partial charge in [0, 0.05) is 0 Å². The molecule has 3 N–H and O–H groups in total. The Bertz CT molecular complexity index is 603. The molecule has 4 nitrogen and oxygen atoms in total. The van der Waals surface area contributed by atoms with E-state index in [0.29, 0.717) is 0 Å². The predicted molar refractivity (Wildman–Crippen MR) is 93.8 cm³/mol. The van der Waals surface area contributed by atoms with E-state index in [0.717, 1.165) is 4.34 Å². The van der Waals surface area contributed by atoms with Gasteiger partial charge in [0.25, 0.3) is 0 Å². The van der Waals surface area contributed by atoms with Crippen LogP contribution in [0.15, 0.2) is 85.2 Å². The summed E-state index contributed by atoms with van der Waals surface area (Å²) >= 11 is 0. The molecule has 1 aromatic heterocycles. The third kappa shape index (κ3) is 6.42. The summed E-state index contributed by atoms with van der Waals surface area (Å²) in [5.41, 5.74) is 2.55. The van der Waals surface area contributed by atoms with Crippen molar-refractivity contribution in [2.75, 3.05) is 0 Å². The molecule has 0 spiro atoms. The SMILES string of the molecule is O[PH](O)(O)n1cccc1.[KH].c1ccc(-c2ccccc2)cc1. The van der Waals surface area contributed by atoms with E-state index in [1.54, 1.807) is 12.1 Å². The number of rotatable bonds is 2. The predicted octanol–water partition coefficient (Wildman–Crippen LogP) is 2.43. The van der Waals surface area contributed by atoms with Gasteiger partial charge in [-0.25, -0.2) is 0 Å². The van der Waals surface area contributed by atoms with Gasteiger partial charge in [-0.05, 0) is 11.1 Å². The first-order valence-electron chi connectivity index (χ1n) is 6.48. The van der Waals surface area contributed by atoms with Crippen molar-refractivity contribution in [2.45, 2.75) is 0 Å². The van der Waals surface area contributed by atoms with Crippen LogP contribution in [0, 0.1) is 0 Å². The monoisotopic (exact) mass is 343 g/mol. The van der Waals surface area contributed by atoms with Crippen molar-refractivity contribution in [2.24, 2.45) is 0 Å². The Morgan fingerprint density at radius 1 is 0.591 bits per heavy atom. The van der Waals surface area contributed by atoms with Gasteiger partial charge in [-0.3, -0.25) is 0 Å². The molecule has 3 aromatic rings. The average Bonchev–Trinajstić information content (AvgIpc) is 3.04. The van der Waals surface area contributed by atoms with Gasteiger partial charge in [0.1, 0.15) is 0 Å². The summed E-state index contributed by atoms with van der Waals surface area (Å²) in [6.07, 6.45) is 2.79. The minimum atomic E-state index is -4.06. The van der Waals surface area contributed by atoms with E-state index in [4.69, 9.17) is 14.7 Å². The quantitative estimate of drug-likeness (QED) is 0.495. The van der Waals surface area contributed by atoms with Gasteiger partial charge in [-0.15, -0.1) is 0 Å². The molecule has 0 radical (unpaired) electrons. The van der Waals surface area contributed by atoms with E-state index >= 15 is 0 Å². The molecule has 0 aliphatic carbocycles. The van der Waals surface area contributed by atoms with E-state index in [1.165, 1.54) is 23.5 Å². The van der Waals surface area contributed by atoms with Crippen molar-refractivity contribution in [3.63, 3.8) is 0 Å². The molecule has 0 bridgehead atoms. The van der Waals surface area contributed by atoms with Crippen LogP contribution < -0.4 is 0 Å². The van der Waals surface area contributed by atoms with Gasteiger partial charge in [0.05, 0.1) is 0 Å². The summed E-state index contributed by atoms with van der Waals surface area (Å²) in [4.78, 5) is 25.8. The first-order valence-corrected chi connectivity index (χ1v) is 8.27. The number of benzene rings is 2. The Hall–Kier alpha value is -0.334. The summed E-state index contributed by atoms with van der Waals surface area (Å²) in [6.45, 7) is 0. The molecule has 0 amide bonds. The fourth-order valence-electron chi connectivity index (χ4n) is 1.80. The number of nitrogens with zero attached hydrogens (tertiary/aromatic N) is 1. The second-order valence-corrected chi connectivity index (χ2v) is 6.14. The molecular weight excluding hydrogens is 324 g/mol. The van der Waals surface area contributed by atoms with Crippen molar-refractivity contribution < 1.29 is 14.7 Å². The van der Waals surface area contributed by atoms with Crippen LogP contribution in [0.25, 0.3) is 11.1 Å². The summed E-state index contributed by atoms with van der Waals surface area (Å²) in [6, 6.07) is 24.0. The maximum atomic E-state index is 8.59. The second kappa shape index (κ2) is 9.73. The molecule has 3 rings (SSSR count). The molecule has 0 saturated heterocycles. The summed E-state index contributed by atoms with van der Waals surface area (Å²) in [7, 11) is -4.06. The summed E-state index contributed by atoms with van der Waals surface area (Å²) < 4.78 is 0.993. The smallest absolute Gasteiger partial charge is 0.0184 e. The van der Waals surface area contributed by atoms with Gasteiger partial charge in [0.15, 0.2) is 0 Å². The van der Waals surface area contributed by atoms with Gasteiger partial charge in [-0.2, -0.15) is 0 Å². The van der Waals surface area contributed by atoms with Crippen LogP contribution in [0.3, 0.4) is 0 Å². The zero-order valence-electron chi connectivity index (χ0n) is 11.4. The number of hydrogen-bond donors (Lipinski definition) is 3. The largest absolute Gasteiger partial charge is 0.0622 e. The fourth-order valence-corrected chi connectivity index (χ4v) is 2.37. The Labute approximate surface area is 173 Å². The zero-order chi connectivity index (χ0) is 15.1. The van der Waals surface area contributed by atoms with Crippen LogP contribution in [0.1, 0.15) is 0 Å². The van der Waals surface area contributed by atoms with E-state index in [9.17, 15) is 0 Å². The van der Waals surface area contributed by atoms with Crippen molar-refractivity contribution in [1.82, 2.24) is 4.34 Å². The van der Waals surface area contributed by atoms with Crippen LogP contribution in [-0.2, 0) is 0 Å². The maximum absolute atomic E-state index is 8.59. The third-order valence-electron chi connectivity index (χ3n) is 2.83. The van der Waals surface area contributed by atoms with Crippen molar-refractivity contribution in [3.8, 4) is 11.1 Å². The Morgan fingerprint density at radius 3 is 1.23 bits per heavy atom. The first-order chi connectivity index (χ1) is 10.1.